The summed E-state index contributed by atoms with van der Waals surface area (Å²) in [4.78, 5) is 7.04. The maximum atomic E-state index is 4.62. The van der Waals surface area contributed by atoms with Gasteiger partial charge in [-0.15, -0.1) is 11.3 Å². The quantitative estimate of drug-likeness (QED) is 0.787. The highest BCUT2D eigenvalue weighted by atomic mass is 32.2. The first kappa shape index (κ1) is 15.0. The molecule has 1 aromatic heterocycles. The number of hydrogen-bond acceptors (Lipinski definition) is 5. The number of thioether (sulfide) groups is 1. The van der Waals surface area contributed by atoms with Crippen LogP contribution >= 0.6 is 23.1 Å². The molecule has 1 unspecified atom stereocenters. The van der Waals surface area contributed by atoms with Gasteiger partial charge >= 0.3 is 0 Å². The number of hydrogen-bond donors (Lipinski definition) is 1. The van der Waals surface area contributed by atoms with Crippen LogP contribution in [0.1, 0.15) is 24.0 Å². The Labute approximate surface area is 113 Å². The highest BCUT2D eigenvalue weighted by Gasteiger charge is 2.13. The van der Waals surface area contributed by atoms with E-state index in [4.69, 9.17) is 0 Å². The zero-order valence-corrected chi connectivity index (χ0v) is 12.8. The van der Waals surface area contributed by atoms with Crippen molar-refractivity contribution in [1.29, 1.82) is 0 Å². The predicted molar refractivity (Wildman–Crippen MR) is 78.8 cm³/mol. The Hall–Kier alpha value is -0.100. The fourth-order valence-electron chi connectivity index (χ4n) is 1.79. The summed E-state index contributed by atoms with van der Waals surface area (Å²) in [6.07, 6.45) is 3.37. The standard InChI is InChI=1S/C12H23N3S2/c1-5-11(9-16-4)15(3)7-10-8-17-12(14-10)6-13-2/h8,11,13H,5-7,9H2,1-4H3. The average molecular weight is 273 g/mol. The molecule has 3 nitrogen and oxygen atoms in total. The van der Waals surface area contributed by atoms with Crippen molar-refractivity contribution in [3.8, 4) is 0 Å². The van der Waals surface area contributed by atoms with Gasteiger partial charge in [0.15, 0.2) is 0 Å². The van der Waals surface area contributed by atoms with Crippen molar-refractivity contribution in [2.75, 3.05) is 26.1 Å². The van der Waals surface area contributed by atoms with E-state index < -0.39 is 0 Å². The van der Waals surface area contributed by atoms with Crippen LogP contribution in [-0.4, -0.2) is 42.0 Å². The molecule has 0 saturated carbocycles. The van der Waals surface area contributed by atoms with Crippen molar-refractivity contribution in [2.24, 2.45) is 0 Å². The van der Waals surface area contributed by atoms with E-state index in [2.05, 4.69) is 40.8 Å². The Bertz CT molecular complexity index is 314. The lowest BCUT2D eigenvalue weighted by atomic mass is 10.2. The molecule has 0 aliphatic heterocycles. The Kier molecular flexibility index (Phi) is 7.11. The summed E-state index contributed by atoms with van der Waals surface area (Å²) in [5.41, 5.74) is 1.20. The van der Waals surface area contributed by atoms with Crippen LogP contribution in [0.15, 0.2) is 5.38 Å². The summed E-state index contributed by atoms with van der Waals surface area (Å²) in [7, 11) is 4.15. The second-order valence-electron chi connectivity index (χ2n) is 4.20. The molecule has 0 aliphatic carbocycles. The number of rotatable bonds is 8. The molecule has 0 aromatic carbocycles. The predicted octanol–water partition coefficient (Wildman–Crippen LogP) is 2.44. The van der Waals surface area contributed by atoms with E-state index in [1.54, 1.807) is 11.3 Å². The fourth-order valence-corrected chi connectivity index (χ4v) is 3.46. The van der Waals surface area contributed by atoms with Gasteiger partial charge < -0.3 is 5.32 Å². The van der Waals surface area contributed by atoms with E-state index in [1.165, 1.54) is 22.9 Å². The van der Waals surface area contributed by atoms with Gasteiger partial charge in [0.05, 0.1) is 5.69 Å². The van der Waals surface area contributed by atoms with E-state index in [0.29, 0.717) is 6.04 Å². The lowest BCUT2D eigenvalue weighted by molar-refractivity contribution is 0.245. The van der Waals surface area contributed by atoms with E-state index in [-0.39, 0.29) is 0 Å². The molecule has 0 radical (unpaired) electrons. The molecule has 1 heterocycles. The minimum Gasteiger partial charge on any atom is -0.314 e. The number of aromatic nitrogens is 1. The van der Waals surface area contributed by atoms with Gasteiger partial charge in [-0.2, -0.15) is 11.8 Å². The first-order valence-electron chi connectivity index (χ1n) is 5.98. The van der Waals surface area contributed by atoms with Gasteiger partial charge in [0.25, 0.3) is 0 Å². The monoisotopic (exact) mass is 273 g/mol. The number of nitrogens with one attached hydrogen (secondary N) is 1. The zero-order chi connectivity index (χ0) is 12.7. The van der Waals surface area contributed by atoms with Gasteiger partial charge in [0.1, 0.15) is 5.01 Å². The van der Waals surface area contributed by atoms with Crippen molar-refractivity contribution in [3.63, 3.8) is 0 Å². The summed E-state index contributed by atoms with van der Waals surface area (Å²) in [5.74, 6) is 1.19. The van der Waals surface area contributed by atoms with Crippen LogP contribution in [0.2, 0.25) is 0 Å². The number of thiazole rings is 1. The van der Waals surface area contributed by atoms with Crippen molar-refractivity contribution in [3.05, 3.63) is 16.1 Å². The van der Waals surface area contributed by atoms with Crippen LogP contribution in [0, 0.1) is 0 Å². The topological polar surface area (TPSA) is 28.2 Å². The van der Waals surface area contributed by atoms with Gasteiger partial charge in [-0.25, -0.2) is 4.98 Å². The summed E-state index contributed by atoms with van der Waals surface area (Å²) >= 11 is 3.66. The van der Waals surface area contributed by atoms with E-state index in [0.717, 1.165) is 13.1 Å². The van der Waals surface area contributed by atoms with Gasteiger partial charge in [-0.1, -0.05) is 6.92 Å². The second-order valence-corrected chi connectivity index (χ2v) is 6.05. The maximum Gasteiger partial charge on any atom is 0.107 e. The molecule has 0 amide bonds. The summed E-state index contributed by atoms with van der Waals surface area (Å²) in [6, 6.07) is 0.652. The fraction of sp³-hybridized carbons (Fsp3) is 0.750. The molecule has 1 N–H and O–H groups in total. The highest BCUT2D eigenvalue weighted by Crippen LogP contribution is 2.15. The largest absolute Gasteiger partial charge is 0.314 e. The summed E-state index contributed by atoms with van der Waals surface area (Å²) < 4.78 is 0. The van der Waals surface area contributed by atoms with Crippen LogP contribution < -0.4 is 5.32 Å². The van der Waals surface area contributed by atoms with Crippen LogP contribution in [0.4, 0.5) is 0 Å². The van der Waals surface area contributed by atoms with E-state index in [9.17, 15) is 0 Å². The van der Waals surface area contributed by atoms with E-state index in [1.807, 2.05) is 18.8 Å². The van der Waals surface area contributed by atoms with Gasteiger partial charge in [0, 0.05) is 30.3 Å². The van der Waals surface area contributed by atoms with Gasteiger partial charge in [0.2, 0.25) is 0 Å². The molecule has 0 saturated heterocycles. The molecule has 5 heteroatoms. The normalized spacial score (nSPS) is 13.2. The molecule has 1 rings (SSSR count). The minimum absolute atomic E-state index is 0.652. The molecule has 0 fully saturated rings. The third-order valence-corrected chi connectivity index (χ3v) is 4.41. The van der Waals surface area contributed by atoms with Crippen molar-refractivity contribution < 1.29 is 0 Å². The van der Waals surface area contributed by atoms with Crippen LogP contribution in [0.3, 0.4) is 0 Å². The van der Waals surface area contributed by atoms with Crippen LogP contribution in [0.5, 0.6) is 0 Å². The molecule has 0 spiro atoms. The van der Waals surface area contributed by atoms with Gasteiger partial charge in [-0.05, 0) is 26.8 Å². The molecular weight excluding hydrogens is 250 g/mol. The Morgan fingerprint density at radius 3 is 2.94 bits per heavy atom. The van der Waals surface area contributed by atoms with Crippen molar-refractivity contribution >= 4 is 23.1 Å². The van der Waals surface area contributed by atoms with Crippen molar-refractivity contribution in [1.82, 2.24) is 15.2 Å². The molecule has 1 atom stereocenters. The Balaban J connectivity index is 2.50. The molecule has 0 bridgehead atoms. The Morgan fingerprint density at radius 2 is 2.35 bits per heavy atom. The van der Waals surface area contributed by atoms with Gasteiger partial charge in [-0.3, -0.25) is 4.90 Å². The Morgan fingerprint density at radius 1 is 1.59 bits per heavy atom. The highest BCUT2D eigenvalue weighted by molar-refractivity contribution is 7.98. The minimum atomic E-state index is 0.652. The molecule has 0 aliphatic rings. The first-order chi connectivity index (χ1) is 8.21. The van der Waals surface area contributed by atoms with Crippen LogP contribution in [-0.2, 0) is 13.1 Å². The molecule has 1 aromatic rings. The zero-order valence-electron chi connectivity index (χ0n) is 11.2. The molecule has 17 heavy (non-hydrogen) atoms. The third-order valence-electron chi connectivity index (χ3n) is 2.79. The van der Waals surface area contributed by atoms with Crippen LogP contribution in [0.25, 0.3) is 0 Å². The molecule has 98 valence electrons. The lowest BCUT2D eigenvalue weighted by Gasteiger charge is -2.25. The lowest BCUT2D eigenvalue weighted by Crippen LogP contribution is -2.32. The average Bonchev–Trinajstić information content (AvgIpc) is 2.73. The first-order valence-corrected chi connectivity index (χ1v) is 8.25. The second kappa shape index (κ2) is 8.08. The van der Waals surface area contributed by atoms with Crippen molar-refractivity contribution in [2.45, 2.75) is 32.5 Å². The summed E-state index contributed by atoms with van der Waals surface area (Å²) in [5, 5.41) is 6.49. The summed E-state index contributed by atoms with van der Waals surface area (Å²) in [6.45, 7) is 4.08. The molecular formula is C12H23N3S2. The maximum absolute atomic E-state index is 4.62. The smallest absolute Gasteiger partial charge is 0.107 e. The SMILES string of the molecule is CCC(CSC)N(C)Cc1csc(CNC)n1. The number of nitrogens with zero attached hydrogens (tertiary/aromatic N) is 2. The third kappa shape index (κ3) is 4.95. The van der Waals surface area contributed by atoms with E-state index >= 15 is 0 Å².